The number of ether oxygens (including phenoxy) is 1. The van der Waals surface area contributed by atoms with E-state index in [0.29, 0.717) is 32.4 Å². The molecule has 1 atom stereocenters. The van der Waals surface area contributed by atoms with Gasteiger partial charge in [0.05, 0.1) is 0 Å². The van der Waals surface area contributed by atoms with Gasteiger partial charge in [0, 0.05) is 25.4 Å². The monoisotopic (exact) mass is 450 g/mol. The van der Waals surface area contributed by atoms with Crippen molar-refractivity contribution in [3.63, 3.8) is 0 Å². The predicted molar refractivity (Wildman–Crippen MR) is 124 cm³/mol. The van der Waals surface area contributed by atoms with Gasteiger partial charge in [0.25, 0.3) is 0 Å². The second-order valence-corrected chi connectivity index (χ2v) is 8.80. The molecule has 2 amide bonds. The van der Waals surface area contributed by atoms with E-state index >= 15 is 0 Å². The summed E-state index contributed by atoms with van der Waals surface area (Å²) in [5.74, 6) is -0.878. The van der Waals surface area contributed by atoms with Gasteiger partial charge < -0.3 is 20.1 Å². The topological polar surface area (TPSA) is 95.9 Å². The maximum atomic E-state index is 12.9. The fraction of sp³-hybridized carbons (Fsp3) is 0.423. The van der Waals surface area contributed by atoms with Crippen molar-refractivity contribution in [1.29, 1.82) is 0 Å². The van der Waals surface area contributed by atoms with Gasteiger partial charge in [-0.05, 0) is 47.4 Å². The second kappa shape index (κ2) is 10.1. The largest absolute Gasteiger partial charge is 0.481 e. The van der Waals surface area contributed by atoms with Crippen LogP contribution < -0.4 is 5.32 Å². The van der Waals surface area contributed by atoms with Crippen LogP contribution >= 0.6 is 0 Å². The molecule has 0 saturated carbocycles. The minimum atomic E-state index is -0.803. The highest BCUT2D eigenvalue weighted by Crippen LogP contribution is 2.44. The van der Waals surface area contributed by atoms with Crippen LogP contribution in [0.4, 0.5) is 4.79 Å². The van der Waals surface area contributed by atoms with E-state index < -0.39 is 18.1 Å². The zero-order valence-electron chi connectivity index (χ0n) is 18.8. The molecule has 0 radical (unpaired) electrons. The molecular formula is C26H30N2O5. The first-order valence-electron chi connectivity index (χ1n) is 11.6. The number of hydrogen-bond acceptors (Lipinski definition) is 4. The number of piperidine rings is 1. The normalized spacial score (nSPS) is 16.6. The summed E-state index contributed by atoms with van der Waals surface area (Å²) in [6.45, 7) is 3.08. The summed E-state index contributed by atoms with van der Waals surface area (Å²) in [5, 5.41) is 11.7. The molecule has 0 aromatic heterocycles. The van der Waals surface area contributed by atoms with Gasteiger partial charge in [-0.25, -0.2) is 4.79 Å². The predicted octanol–water partition coefficient (Wildman–Crippen LogP) is 4.02. The standard InChI is InChI=1S/C26H30N2O5/c1-2-23(25(31)28-13-11-17(12-14-28)15-24(29)30)27-26(32)33-16-22-20-9-5-3-7-18(20)19-8-4-6-10-21(19)22/h3-10,17,22-23H,2,11-16H2,1H3,(H,27,32)(H,29,30)/t23-/m0/s1. The Morgan fingerprint density at radius 3 is 2.15 bits per heavy atom. The van der Waals surface area contributed by atoms with E-state index in [4.69, 9.17) is 9.84 Å². The van der Waals surface area contributed by atoms with Crippen molar-refractivity contribution in [3.05, 3.63) is 59.7 Å². The Balaban J connectivity index is 1.33. The number of alkyl carbamates (subject to hydrolysis) is 1. The lowest BCUT2D eigenvalue weighted by Crippen LogP contribution is -2.50. The van der Waals surface area contributed by atoms with Crippen molar-refractivity contribution in [2.24, 2.45) is 5.92 Å². The summed E-state index contributed by atoms with van der Waals surface area (Å²) in [7, 11) is 0. The summed E-state index contributed by atoms with van der Waals surface area (Å²) in [6.07, 6.45) is 1.33. The molecule has 174 valence electrons. The Morgan fingerprint density at radius 1 is 1.03 bits per heavy atom. The average Bonchev–Trinajstić information content (AvgIpc) is 3.14. The summed E-state index contributed by atoms with van der Waals surface area (Å²) < 4.78 is 5.58. The van der Waals surface area contributed by atoms with Crippen molar-refractivity contribution >= 4 is 18.0 Å². The summed E-state index contributed by atoms with van der Waals surface area (Å²) in [6, 6.07) is 15.6. The average molecular weight is 451 g/mol. The van der Waals surface area contributed by atoms with Gasteiger partial charge >= 0.3 is 12.1 Å². The highest BCUT2D eigenvalue weighted by molar-refractivity contribution is 5.86. The van der Waals surface area contributed by atoms with E-state index in [1.165, 1.54) is 0 Å². The third kappa shape index (κ3) is 5.02. The maximum absolute atomic E-state index is 12.9. The molecule has 2 aromatic rings. The molecule has 7 heteroatoms. The smallest absolute Gasteiger partial charge is 0.407 e. The van der Waals surface area contributed by atoms with Gasteiger partial charge in [0.2, 0.25) is 5.91 Å². The van der Waals surface area contributed by atoms with E-state index in [1.807, 2.05) is 31.2 Å². The first kappa shape index (κ1) is 22.8. The van der Waals surface area contributed by atoms with E-state index in [1.54, 1.807) is 4.90 Å². The van der Waals surface area contributed by atoms with Gasteiger partial charge in [-0.3, -0.25) is 9.59 Å². The lowest BCUT2D eigenvalue weighted by atomic mass is 9.93. The van der Waals surface area contributed by atoms with Gasteiger partial charge in [-0.2, -0.15) is 0 Å². The lowest BCUT2D eigenvalue weighted by molar-refractivity contribution is -0.139. The number of carboxylic acid groups (broad SMARTS) is 1. The molecule has 2 aromatic carbocycles. The number of amides is 2. The van der Waals surface area contributed by atoms with Crippen LogP contribution in [0.3, 0.4) is 0 Å². The Kier molecular flexibility index (Phi) is 6.96. The molecule has 0 spiro atoms. The minimum absolute atomic E-state index is 0.0350. The highest BCUT2D eigenvalue weighted by Gasteiger charge is 2.31. The number of fused-ring (bicyclic) bond motifs is 3. The zero-order chi connectivity index (χ0) is 23.4. The quantitative estimate of drug-likeness (QED) is 0.664. The molecular weight excluding hydrogens is 420 g/mol. The number of rotatable bonds is 7. The Hall–Kier alpha value is -3.35. The molecule has 1 aliphatic carbocycles. The van der Waals surface area contributed by atoms with Gasteiger partial charge in [-0.1, -0.05) is 55.5 Å². The summed E-state index contributed by atoms with van der Waals surface area (Å²) in [5.41, 5.74) is 4.60. The van der Waals surface area contributed by atoms with E-state index in [9.17, 15) is 14.4 Å². The molecule has 1 heterocycles. The Bertz CT molecular complexity index is 983. The molecule has 2 aliphatic rings. The van der Waals surface area contributed by atoms with Crippen molar-refractivity contribution in [2.75, 3.05) is 19.7 Å². The minimum Gasteiger partial charge on any atom is -0.481 e. The number of nitrogens with one attached hydrogen (secondary N) is 1. The molecule has 1 saturated heterocycles. The SMILES string of the molecule is CC[C@H](NC(=O)OCC1c2ccccc2-c2ccccc21)C(=O)N1CCC(CC(=O)O)CC1. The number of aliphatic carboxylic acids is 1. The first-order chi connectivity index (χ1) is 16.0. The molecule has 1 aliphatic heterocycles. The van der Waals surface area contributed by atoms with Crippen LogP contribution in [-0.4, -0.2) is 53.7 Å². The fourth-order valence-electron chi connectivity index (χ4n) is 4.95. The van der Waals surface area contributed by atoms with Crippen molar-refractivity contribution in [2.45, 2.75) is 44.6 Å². The second-order valence-electron chi connectivity index (χ2n) is 8.80. The van der Waals surface area contributed by atoms with E-state index in [2.05, 4.69) is 29.6 Å². The molecule has 4 rings (SSSR count). The number of benzene rings is 2. The van der Waals surface area contributed by atoms with Crippen LogP contribution in [-0.2, 0) is 14.3 Å². The van der Waals surface area contributed by atoms with E-state index in [-0.39, 0.29) is 30.8 Å². The first-order valence-corrected chi connectivity index (χ1v) is 11.6. The Morgan fingerprint density at radius 2 is 1.61 bits per heavy atom. The van der Waals surface area contributed by atoms with Crippen LogP contribution in [0.1, 0.15) is 49.7 Å². The number of carbonyl (C=O) groups excluding carboxylic acids is 2. The molecule has 0 unspecified atom stereocenters. The van der Waals surface area contributed by atoms with Crippen LogP contribution in [0.2, 0.25) is 0 Å². The van der Waals surface area contributed by atoms with Gasteiger partial charge in [0.15, 0.2) is 0 Å². The van der Waals surface area contributed by atoms with Crippen LogP contribution in [0.5, 0.6) is 0 Å². The number of carboxylic acids is 1. The third-order valence-corrected chi connectivity index (χ3v) is 6.73. The molecule has 33 heavy (non-hydrogen) atoms. The lowest BCUT2D eigenvalue weighted by Gasteiger charge is -2.33. The van der Waals surface area contributed by atoms with Crippen molar-refractivity contribution < 1.29 is 24.2 Å². The fourth-order valence-corrected chi connectivity index (χ4v) is 4.95. The van der Waals surface area contributed by atoms with E-state index in [0.717, 1.165) is 22.3 Å². The Labute approximate surface area is 193 Å². The number of carbonyl (C=O) groups is 3. The zero-order valence-corrected chi connectivity index (χ0v) is 18.8. The highest BCUT2D eigenvalue weighted by atomic mass is 16.5. The van der Waals surface area contributed by atoms with Gasteiger partial charge in [0.1, 0.15) is 12.6 Å². The van der Waals surface area contributed by atoms with Crippen LogP contribution in [0, 0.1) is 5.92 Å². The molecule has 2 N–H and O–H groups in total. The molecule has 1 fully saturated rings. The van der Waals surface area contributed by atoms with Crippen LogP contribution in [0.15, 0.2) is 48.5 Å². The van der Waals surface area contributed by atoms with Crippen LogP contribution in [0.25, 0.3) is 11.1 Å². The number of nitrogens with zero attached hydrogens (tertiary/aromatic N) is 1. The summed E-state index contributed by atoms with van der Waals surface area (Å²) >= 11 is 0. The van der Waals surface area contributed by atoms with Gasteiger partial charge in [-0.15, -0.1) is 0 Å². The molecule has 0 bridgehead atoms. The third-order valence-electron chi connectivity index (χ3n) is 6.73. The number of likely N-dealkylation sites (tertiary alicyclic amines) is 1. The molecule has 7 nitrogen and oxygen atoms in total. The summed E-state index contributed by atoms with van der Waals surface area (Å²) in [4.78, 5) is 38.1. The van der Waals surface area contributed by atoms with Crippen molar-refractivity contribution in [1.82, 2.24) is 10.2 Å². The maximum Gasteiger partial charge on any atom is 0.407 e. The number of hydrogen-bond donors (Lipinski definition) is 2. The van der Waals surface area contributed by atoms with Crippen molar-refractivity contribution in [3.8, 4) is 11.1 Å².